The molecule has 1 aromatic carbocycles. The summed E-state index contributed by atoms with van der Waals surface area (Å²) < 4.78 is 5.19. The van der Waals surface area contributed by atoms with Crippen LogP contribution in [0.2, 0.25) is 0 Å². The number of aldehydes is 1. The van der Waals surface area contributed by atoms with Crippen molar-refractivity contribution < 1.29 is 14.3 Å². The third-order valence-corrected chi connectivity index (χ3v) is 3.37. The second kappa shape index (κ2) is 5.18. The highest BCUT2D eigenvalue weighted by molar-refractivity contribution is 9.10. The summed E-state index contributed by atoms with van der Waals surface area (Å²) in [4.78, 5) is 25.5. The SMILES string of the molecule is COC(=O)c1[nH]c(-c2ccccc2)c(Br)c1C=O. The second-order valence-electron chi connectivity index (χ2n) is 3.58. The Morgan fingerprint density at radius 2 is 2.00 bits per heavy atom. The summed E-state index contributed by atoms with van der Waals surface area (Å²) in [5, 5.41) is 0. The Morgan fingerprint density at radius 1 is 1.33 bits per heavy atom. The van der Waals surface area contributed by atoms with Gasteiger partial charge in [0.15, 0.2) is 6.29 Å². The highest BCUT2D eigenvalue weighted by atomic mass is 79.9. The lowest BCUT2D eigenvalue weighted by atomic mass is 10.1. The zero-order valence-corrected chi connectivity index (χ0v) is 11.2. The zero-order chi connectivity index (χ0) is 13.1. The van der Waals surface area contributed by atoms with Gasteiger partial charge >= 0.3 is 5.97 Å². The Hall–Kier alpha value is -1.88. The molecular formula is C13H10BrNO3. The predicted molar refractivity (Wildman–Crippen MR) is 70.7 cm³/mol. The van der Waals surface area contributed by atoms with Gasteiger partial charge in [-0.25, -0.2) is 4.79 Å². The zero-order valence-electron chi connectivity index (χ0n) is 9.57. The van der Waals surface area contributed by atoms with Gasteiger partial charge in [0, 0.05) is 0 Å². The molecule has 0 radical (unpaired) electrons. The molecule has 5 heteroatoms. The van der Waals surface area contributed by atoms with E-state index < -0.39 is 5.97 Å². The number of methoxy groups -OCH3 is 1. The summed E-state index contributed by atoms with van der Waals surface area (Å²) in [7, 11) is 1.27. The Balaban J connectivity index is 2.61. The average molecular weight is 308 g/mol. The van der Waals surface area contributed by atoms with E-state index >= 15 is 0 Å². The average Bonchev–Trinajstić information content (AvgIpc) is 2.75. The summed E-state index contributed by atoms with van der Waals surface area (Å²) in [5.74, 6) is -0.569. The first-order valence-electron chi connectivity index (χ1n) is 5.19. The number of aromatic amines is 1. The van der Waals surface area contributed by atoms with Gasteiger partial charge in [-0.15, -0.1) is 0 Å². The van der Waals surface area contributed by atoms with Crippen LogP contribution >= 0.6 is 15.9 Å². The summed E-state index contributed by atoms with van der Waals surface area (Å²) in [6, 6.07) is 9.41. The first-order valence-corrected chi connectivity index (χ1v) is 5.98. The van der Waals surface area contributed by atoms with Crippen LogP contribution in [-0.2, 0) is 4.74 Å². The number of nitrogens with one attached hydrogen (secondary N) is 1. The van der Waals surface area contributed by atoms with Crippen LogP contribution in [0.4, 0.5) is 0 Å². The van der Waals surface area contributed by atoms with Gasteiger partial charge < -0.3 is 9.72 Å². The first kappa shape index (κ1) is 12.6. The van der Waals surface area contributed by atoms with Crippen molar-refractivity contribution in [1.29, 1.82) is 0 Å². The molecule has 0 saturated carbocycles. The molecule has 0 amide bonds. The van der Waals surface area contributed by atoms with Gasteiger partial charge in [-0.05, 0) is 21.5 Å². The minimum absolute atomic E-state index is 0.151. The van der Waals surface area contributed by atoms with Gasteiger partial charge in [-0.1, -0.05) is 30.3 Å². The van der Waals surface area contributed by atoms with E-state index in [1.165, 1.54) is 7.11 Å². The van der Waals surface area contributed by atoms with Crippen LogP contribution in [-0.4, -0.2) is 24.3 Å². The number of ether oxygens (including phenoxy) is 1. The summed E-state index contributed by atoms with van der Waals surface area (Å²) in [6.07, 6.45) is 0.624. The number of halogens is 1. The van der Waals surface area contributed by atoms with Crippen molar-refractivity contribution >= 4 is 28.2 Å². The molecule has 0 fully saturated rings. The normalized spacial score (nSPS) is 10.1. The summed E-state index contributed by atoms with van der Waals surface area (Å²) in [6.45, 7) is 0. The van der Waals surface area contributed by atoms with Crippen molar-refractivity contribution in [3.8, 4) is 11.3 Å². The maximum Gasteiger partial charge on any atom is 0.355 e. The number of carbonyl (C=O) groups excluding carboxylic acids is 2. The van der Waals surface area contributed by atoms with E-state index in [2.05, 4.69) is 25.7 Å². The Kier molecular flexibility index (Phi) is 3.62. The fraction of sp³-hybridized carbons (Fsp3) is 0.0769. The minimum atomic E-state index is -0.569. The molecule has 4 nitrogen and oxygen atoms in total. The molecule has 1 heterocycles. The van der Waals surface area contributed by atoms with Gasteiger partial charge in [0.1, 0.15) is 5.69 Å². The fourth-order valence-electron chi connectivity index (χ4n) is 1.67. The number of carbonyl (C=O) groups is 2. The van der Waals surface area contributed by atoms with E-state index in [4.69, 9.17) is 0 Å². The molecule has 92 valence electrons. The number of rotatable bonds is 3. The van der Waals surface area contributed by atoms with Crippen LogP contribution in [0.1, 0.15) is 20.8 Å². The number of H-pyrrole nitrogens is 1. The van der Waals surface area contributed by atoms with E-state index in [9.17, 15) is 9.59 Å². The van der Waals surface area contributed by atoms with Crippen LogP contribution in [0.3, 0.4) is 0 Å². The van der Waals surface area contributed by atoms with Crippen molar-refractivity contribution in [3.05, 3.63) is 46.1 Å². The third kappa shape index (κ3) is 2.09. The quantitative estimate of drug-likeness (QED) is 0.700. The minimum Gasteiger partial charge on any atom is -0.464 e. The molecule has 0 atom stereocenters. The molecule has 0 spiro atoms. The lowest BCUT2D eigenvalue weighted by Gasteiger charge is -1.98. The molecule has 0 aliphatic carbocycles. The monoisotopic (exact) mass is 307 g/mol. The topological polar surface area (TPSA) is 59.2 Å². The van der Waals surface area contributed by atoms with Gasteiger partial charge in [-0.3, -0.25) is 4.79 Å². The van der Waals surface area contributed by atoms with Gasteiger partial charge in [0.05, 0.1) is 22.8 Å². The van der Waals surface area contributed by atoms with E-state index in [0.717, 1.165) is 5.56 Å². The molecule has 1 N–H and O–H groups in total. The molecule has 0 aliphatic rings. The van der Waals surface area contributed by atoms with Crippen molar-refractivity contribution in [2.45, 2.75) is 0 Å². The van der Waals surface area contributed by atoms with Crippen molar-refractivity contribution in [2.75, 3.05) is 7.11 Å². The van der Waals surface area contributed by atoms with Crippen LogP contribution in [0.25, 0.3) is 11.3 Å². The predicted octanol–water partition coefficient (Wildman–Crippen LogP) is 3.04. The molecule has 0 bridgehead atoms. The Labute approximate surface area is 112 Å². The highest BCUT2D eigenvalue weighted by Crippen LogP contribution is 2.32. The molecule has 1 aromatic heterocycles. The van der Waals surface area contributed by atoms with E-state index in [1.807, 2.05) is 30.3 Å². The second-order valence-corrected chi connectivity index (χ2v) is 4.37. The number of hydrogen-bond acceptors (Lipinski definition) is 3. The van der Waals surface area contributed by atoms with E-state index in [1.54, 1.807) is 0 Å². The third-order valence-electron chi connectivity index (χ3n) is 2.55. The smallest absolute Gasteiger partial charge is 0.355 e. The van der Waals surface area contributed by atoms with E-state index in [0.29, 0.717) is 16.5 Å². The van der Waals surface area contributed by atoms with Crippen LogP contribution < -0.4 is 0 Å². The number of esters is 1. The standard InChI is InChI=1S/C13H10BrNO3/c1-18-13(17)12-9(7-16)10(14)11(15-12)8-5-3-2-4-6-8/h2-7,15H,1H3. The first-order chi connectivity index (χ1) is 8.69. The largest absolute Gasteiger partial charge is 0.464 e. The lowest BCUT2D eigenvalue weighted by molar-refractivity contribution is 0.0592. The molecule has 18 heavy (non-hydrogen) atoms. The van der Waals surface area contributed by atoms with Crippen LogP contribution in [0.5, 0.6) is 0 Å². The maximum atomic E-state index is 11.6. The number of hydrogen-bond donors (Lipinski definition) is 1. The molecule has 0 unspecified atom stereocenters. The van der Waals surface area contributed by atoms with Crippen LogP contribution in [0, 0.1) is 0 Å². The van der Waals surface area contributed by atoms with Crippen molar-refractivity contribution in [2.24, 2.45) is 0 Å². The van der Waals surface area contributed by atoms with E-state index in [-0.39, 0.29) is 11.3 Å². The Morgan fingerprint density at radius 3 is 2.56 bits per heavy atom. The molecular weight excluding hydrogens is 298 g/mol. The van der Waals surface area contributed by atoms with Crippen molar-refractivity contribution in [1.82, 2.24) is 4.98 Å². The number of benzene rings is 1. The van der Waals surface area contributed by atoms with Crippen molar-refractivity contribution in [3.63, 3.8) is 0 Å². The lowest BCUT2D eigenvalue weighted by Crippen LogP contribution is -2.04. The Bertz CT molecular complexity index is 590. The molecule has 2 aromatic rings. The van der Waals surface area contributed by atoms with Gasteiger partial charge in [0.2, 0.25) is 0 Å². The molecule has 0 saturated heterocycles. The molecule has 0 aliphatic heterocycles. The fourth-order valence-corrected chi connectivity index (χ4v) is 2.29. The molecule has 2 rings (SSSR count). The summed E-state index contributed by atoms with van der Waals surface area (Å²) in [5.41, 5.74) is 1.97. The number of aromatic nitrogens is 1. The highest BCUT2D eigenvalue weighted by Gasteiger charge is 2.21. The van der Waals surface area contributed by atoms with Gasteiger partial charge in [-0.2, -0.15) is 0 Å². The summed E-state index contributed by atoms with van der Waals surface area (Å²) >= 11 is 3.33. The maximum absolute atomic E-state index is 11.6. The van der Waals surface area contributed by atoms with Gasteiger partial charge in [0.25, 0.3) is 0 Å². The van der Waals surface area contributed by atoms with Crippen LogP contribution in [0.15, 0.2) is 34.8 Å².